The Morgan fingerprint density at radius 2 is 2.45 bits per heavy atom. The van der Waals surface area contributed by atoms with Gasteiger partial charge in [-0.05, 0) is 25.8 Å². The fourth-order valence-corrected chi connectivity index (χ4v) is 1.23. The van der Waals surface area contributed by atoms with Crippen LogP contribution in [-0.2, 0) is 9.53 Å². The van der Waals surface area contributed by atoms with Gasteiger partial charge in [0.2, 0.25) is 0 Å². The van der Waals surface area contributed by atoms with Crippen LogP contribution in [0.1, 0.15) is 13.8 Å². The first kappa shape index (κ1) is 8.42. The van der Waals surface area contributed by atoms with Crippen LogP contribution in [0.25, 0.3) is 0 Å². The average molecular weight is 174 g/mol. The molecule has 0 aromatic heterocycles. The summed E-state index contributed by atoms with van der Waals surface area (Å²) in [4.78, 5) is 14.7. The van der Waals surface area contributed by atoms with Crippen LogP contribution in [-0.4, -0.2) is 12.6 Å². The van der Waals surface area contributed by atoms with Crippen LogP contribution in [0.2, 0.25) is 0 Å². The van der Waals surface area contributed by atoms with E-state index in [4.69, 9.17) is 4.74 Å². The number of rotatable bonds is 2. The van der Waals surface area contributed by atoms with E-state index >= 15 is 0 Å². The molecule has 0 atom stereocenters. The summed E-state index contributed by atoms with van der Waals surface area (Å²) in [5.74, 6) is -0.303. The highest BCUT2D eigenvalue weighted by Gasteiger charge is 2.18. The summed E-state index contributed by atoms with van der Waals surface area (Å²) in [6.45, 7) is 4.04. The maximum absolute atomic E-state index is 11.1. The van der Waals surface area contributed by atoms with Crippen molar-refractivity contribution in [1.82, 2.24) is 10.3 Å². The molecule has 0 amide bonds. The highest BCUT2D eigenvalue weighted by atomic mass is 32.2. The van der Waals surface area contributed by atoms with Crippen molar-refractivity contribution in [2.45, 2.75) is 13.8 Å². The zero-order valence-electron chi connectivity index (χ0n) is 6.43. The van der Waals surface area contributed by atoms with Crippen LogP contribution in [0.4, 0.5) is 0 Å². The van der Waals surface area contributed by atoms with Crippen molar-refractivity contribution >= 4 is 17.9 Å². The Morgan fingerprint density at radius 3 is 2.91 bits per heavy atom. The molecular formula is C6H10N2O2S. The van der Waals surface area contributed by atoms with Gasteiger partial charge in [-0.1, -0.05) is 0 Å². The number of nitrogens with one attached hydrogen (secondary N) is 2. The summed E-state index contributed by atoms with van der Waals surface area (Å²) in [7, 11) is 0. The average Bonchev–Trinajstić information content (AvgIpc) is 2.36. The Bertz CT molecular complexity index is 203. The van der Waals surface area contributed by atoms with Gasteiger partial charge in [0.1, 0.15) is 5.70 Å². The monoisotopic (exact) mass is 174 g/mol. The lowest BCUT2D eigenvalue weighted by Crippen LogP contribution is -2.25. The molecule has 0 radical (unpaired) electrons. The van der Waals surface area contributed by atoms with E-state index in [2.05, 4.69) is 10.3 Å². The van der Waals surface area contributed by atoms with E-state index in [1.807, 2.05) is 6.92 Å². The molecule has 0 fully saturated rings. The lowest BCUT2D eigenvalue weighted by Gasteiger charge is -2.02. The minimum atomic E-state index is -0.303. The first-order chi connectivity index (χ1) is 5.25. The van der Waals surface area contributed by atoms with Crippen LogP contribution in [0.3, 0.4) is 0 Å². The van der Waals surface area contributed by atoms with E-state index in [9.17, 15) is 4.79 Å². The van der Waals surface area contributed by atoms with Crippen molar-refractivity contribution in [1.29, 1.82) is 0 Å². The summed E-state index contributed by atoms with van der Waals surface area (Å²) < 4.78 is 4.78. The second-order valence-electron chi connectivity index (χ2n) is 1.98. The van der Waals surface area contributed by atoms with E-state index < -0.39 is 0 Å². The van der Waals surface area contributed by atoms with Crippen LogP contribution in [0.5, 0.6) is 0 Å². The molecule has 0 spiro atoms. The predicted molar refractivity (Wildman–Crippen MR) is 43.2 cm³/mol. The predicted octanol–water partition coefficient (Wildman–Crippen LogP) is 0.537. The lowest BCUT2D eigenvalue weighted by atomic mass is 10.4. The molecule has 5 heteroatoms. The number of esters is 1. The van der Waals surface area contributed by atoms with Gasteiger partial charge in [0.15, 0.2) is 0 Å². The first-order valence-electron chi connectivity index (χ1n) is 3.31. The Morgan fingerprint density at radius 1 is 1.73 bits per heavy atom. The largest absolute Gasteiger partial charge is 0.461 e. The third-order valence-electron chi connectivity index (χ3n) is 1.21. The molecule has 1 rings (SSSR count). The second kappa shape index (κ2) is 3.64. The van der Waals surface area contributed by atoms with E-state index in [0.717, 1.165) is 4.91 Å². The number of hydrogen-bond acceptors (Lipinski definition) is 5. The Kier molecular flexibility index (Phi) is 2.78. The summed E-state index contributed by atoms with van der Waals surface area (Å²) in [6.07, 6.45) is 0. The normalized spacial score (nSPS) is 16.5. The van der Waals surface area contributed by atoms with Crippen molar-refractivity contribution < 1.29 is 9.53 Å². The minimum absolute atomic E-state index is 0.303. The van der Waals surface area contributed by atoms with Gasteiger partial charge in [-0.15, -0.1) is 0 Å². The molecule has 62 valence electrons. The number of carbonyl (C=O) groups is 1. The van der Waals surface area contributed by atoms with Crippen LogP contribution in [0.15, 0.2) is 10.6 Å². The quantitative estimate of drug-likeness (QED) is 0.472. The highest BCUT2D eigenvalue weighted by molar-refractivity contribution is 8.01. The maximum Gasteiger partial charge on any atom is 0.356 e. The van der Waals surface area contributed by atoms with Gasteiger partial charge in [0.25, 0.3) is 0 Å². The van der Waals surface area contributed by atoms with Crippen molar-refractivity contribution in [3.8, 4) is 0 Å². The second-order valence-corrected chi connectivity index (χ2v) is 3.00. The number of hydrazine groups is 1. The standard InChI is InChI=1S/C6H10N2O2S/c1-3-10-6(9)5-4(2)11-8-7-5/h7-8H,3H2,1-2H3. The minimum Gasteiger partial charge on any atom is -0.461 e. The molecule has 1 aliphatic heterocycles. The molecule has 0 saturated carbocycles. The zero-order chi connectivity index (χ0) is 8.27. The van der Waals surface area contributed by atoms with Crippen molar-refractivity contribution in [3.63, 3.8) is 0 Å². The highest BCUT2D eigenvalue weighted by Crippen LogP contribution is 2.19. The molecule has 0 bridgehead atoms. The molecule has 0 saturated heterocycles. The number of allylic oxidation sites excluding steroid dienone is 1. The topological polar surface area (TPSA) is 50.4 Å². The Labute approximate surface area is 69.5 Å². The molecule has 11 heavy (non-hydrogen) atoms. The molecule has 0 unspecified atom stereocenters. The first-order valence-corrected chi connectivity index (χ1v) is 4.13. The fourth-order valence-electron chi connectivity index (χ4n) is 0.690. The molecule has 0 aromatic rings. The van der Waals surface area contributed by atoms with Gasteiger partial charge < -0.3 is 10.2 Å². The van der Waals surface area contributed by atoms with Crippen molar-refractivity contribution in [2.24, 2.45) is 0 Å². The van der Waals surface area contributed by atoms with Gasteiger partial charge in [0, 0.05) is 4.91 Å². The Balaban J connectivity index is 2.59. The smallest absolute Gasteiger partial charge is 0.356 e. The van der Waals surface area contributed by atoms with Crippen molar-refractivity contribution in [3.05, 3.63) is 10.6 Å². The van der Waals surface area contributed by atoms with Gasteiger partial charge in [-0.2, -0.15) is 4.83 Å². The Hall–Kier alpha value is -0.680. The van der Waals surface area contributed by atoms with Crippen LogP contribution < -0.4 is 10.3 Å². The van der Waals surface area contributed by atoms with Gasteiger partial charge in [-0.3, -0.25) is 0 Å². The molecule has 4 nitrogen and oxygen atoms in total. The summed E-state index contributed by atoms with van der Waals surface area (Å²) >= 11 is 1.38. The van der Waals surface area contributed by atoms with Gasteiger partial charge >= 0.3 is 5.97 Å². The summed E-state index contributed by atoms with van der Waals surface area (Å²) in [5.41, 5.74) is 3.22. The maximum atomic E-state index is 11.1. The molecule has 1 aliphatic rings. The molecule has 2 N–H and O–H groups in total. The molecule has 0 aromatic carbocycles. The summed E-state index contributed by atoms with van der Waals surface area (Å²) in [6, 6.07) is 0. The van der Waals surface area contributed by atoms with E-state index in [1.165, 1.54) is 11.9 Å². The van der Waals surface area contributed by atoms with Crippen molar-refractivity contribution in [2.75, 3.05) is 6.61 Å². The number of carbonyl (C=O) groups excluding carboxylic acids is 1. The van der Waals surface area contributed by atoms with Crippen LogP contribution >= 0.6 is 11.9 Å². The summed E-state index contributed by atoms with van der Waals surface area (Å²) in [5, 5.41) is 0. The number of hydrogen-bond donors (Lipinski definition) is 2. The fraction of sp³-hybridized carbons (Fsp3) is 0.500. The SMILES string of the molecule is CCOC(=O)C1=C(C)SNN1. The van der Waals surface area contributed by atoms with Gasteiger partial charge in [0.05, 0.1) is 6.61 Å². The van der Waals surface area contributed by atoms with Crippen LogP contribution in [0, 0.1) is 0 Å². The number of ether oxygens (including phenoxy) is 1. The molecular weight excluding hydrogens is 164 g/mol. The molecule has 0 aliphatic carbocycles. The van der Waals surface area contributed by atoms with E-state index in [1.54, 1.807) is 6.92 Å². The third kappa shape index (κ3) is 1.87. The molecule has 1 heterocycles. The van der Waals surface area contributed by atoms with E-state index in [0.29, 0.717) is 12.3 Å². The lowest BCUT2D eigenvalue weighted by molar-refractivity contribution is -0.139. The zero-order valence-corrected chi connectivity index (χ0v) is 7.25. The third-order valence-corrected chi connectivity index (χ3v) is 1.93. The van der Waals surface area contributed by atoms with Gasteiger partial charge in [-0.25, -0.2) is 4.79 Å². The van der Waals surface area contributed by atoms with E-state index in [-0.39, 0.29) is 5.97 Å².